The van der Waals surface area contributed by atoms with Crippen molar-refractivity contribution in [1.82, 2.24) is 14.5 Å². The summed E-state index contributed by atoms with van der Waals surface area (Å²) in [5.41, 5.74) is 3.99. The van der Waals surface area contributed by atoms with Crippen molar-refractivity contribution in [3.05, 3.63) is 58.0 Å². The standard InChI is InChI=1S/C23H29N3O3/c1-25-19-10-8-17(12-20(19)26(2)23(25)27)15-29-21-11-9-16(13-22(21)28-3)14-24-18-6-4-5-7-18/h8-13,18,24H,4-7,14-15H2,1-3H3. The first kappa shape index (κ1) is 19.6. The first-order valence-corrected chi connectivity index (χ1v) is 10.2. The van der Waals surface area contributed by atoms with Crippen LogP contribution in [-0.4, -0.2) is 22.3 Å². The Bertz CT molecular complexity index is 1060. The van der Waals surface area contributed by atoms with Gasteiger partial charge >= 0.3 is 5.69 Å². The summed E-state index contributed by atoms with van der Waals surface area (Å²) < 4.78 is 14.9. The van der Waals surface area contributed by atoms with Crippen molar-refractivity contribution in [2.24, 2.45) is 14.1 Å². The molecule has 2 aromatic carbocycles. The van der Waals surface area contributed by atoms with Gasteiger partial charge in [-0.2, -0.15) is 0 Å². The number of hydrogen-bond donors (Lipinski definition) is 1. The Morgan fingerprint density at radius 3 is 2.45 bits per heavy atom. The van der Waals surface area contributed by atoms with Crippen molar-refractivity contribution < 1.29 is 9.47 Å². The minimum absolute atomic E-state index is 0.0264. The first-order chi connectivity index (χ1) is 14.1. The molecule has 1 aromatic heterocycles. The van der Waals surface area contributed by atoms with Crippen LogP contribution in [0.5, 0.6) is 11.5 Å². The highest BCUT2D eigenvalue weighted by molar-refractivity contribution is 5.76. The second-order valence-corrected chi connectivity index (χ2v) is 7.86. The first-order valence-electron chi connectivity index (χ1n) is 10.2. The number of fused-ring (bicyclic) bond motifs is 1. The van der Waals surface area contributed by atoms with Crippen LogP contribution in [0.4, 0.5) is 0 Å². The van der Waals surface area contributed by atoms with Crippen LogP contribution in [0, 0.1) is 0 Å². The molecule has 6 heteroatoms. The van der Waals surface area contributed by atoms with Gasteiger partial charge in [0, 0.05) is 26.7 Å². The molecule has 0 spiro atoms. The second-order valence-electron chi connectivity index (χ2n) is 7.86. The molecule has 4 rings (SSSR count). The van der Waals surface area contributed by atoms with E-state index in [1.54, 1.807) is 30.3 Å². The molecule has 0 saturated heterocycles. The van der Waals surface area contributed by atoms with Gasteiger partial charge in [0.2, 0.25) is 0 Å². The average molecular weight is 396 g/mol. The number of benzene rings is 2. The molecule has 1 N–H and O–H groups in total. The number of methoxy groups -OCH3 is 1. The van der Waals surface area contributed by atoms with Gasteiger partial charge in [0.1, 0.15) is 6.61 Å². The lowest BCUT2D eigenvalue weighted by Gasteiger charge is -2.15. The third-order valence-corrected chi connectivity index (χ3v) is 5.91. The maximum absolute atomic E-state index is 12.1. The summed E-state index contributed by atoms with van der Waals surface area (Å²) in [6, 6.07) is 12.7. The van der Waals surface area contributed by atoms with Crippen LogP contribution in [0.1, 0.15) is 36.8 Å². The van der Waals surface area contributed by atoms with Gasteiger partial charge in [-0.05, 0) is 48.2 Å². The smallest absolute Gasteiger partial charge is 0.328 e. The van der Waals surface area contributed by atoms with Crippen LogP contribution in [0.3, 0.4) is 0 Å². The predicted molar refractivity (Wildman–Crippen MR) is 115 cm³/mol. The fraction of sp³-hybridized carbons (Fsp3) is 0.435. The minimum atomic E-state index is -0.0264. The fourth-order valence-electron chi connectivity index (χ4n) is 4.14. The van der Waals surface area contributed by atoms with Crippen molar-refractivity contribution in [3.63, 3.8) is 0 Å². The summed E-state index contributed by atoms with van der Waals surface area (Å²) in [4.78, 5) is 12.1. The fourth-order valence-corrected chi connectivity index (χ4v) is 4.14. The van der Waals surface area contributed by atoms with Gasteiger partial charge in [0.25, 0.3) is 0 Å². The second kappa shape index (κ2) is 8.33. The molecule has 0 radical (unpaired) electrons. The lowest BCUT2D eigenvalue weighted by molar-refractivity contribution is 0.284. The zero-order valence-electron chi connectivity index (χ0n) is 17.4. The molecular formula is C23H29N3O3. The lowest BCUT2D eigenvalue weighted by atomic mass is 10.1. The molecule has 1 fully saturated rings. The highest BCUT2D eigenvalue weighted by Crippen LogP contribution is 2.29. The zero-order chi connectivity index (χ0) is 20.4. The summed E-state index contributed by atoms with van der Waals surface area (Å²) in [5, 5.41) is 3.63. The highest BCUT2D eigenvalue weighted by Gasteiger charge is 2.15. The Morgan fingerprint density at radius 1 is 0.966 bits per heavy atom. The molecular weight excluding hydrogens is 366 g/mol. The van der Waals surface area contributed by atoms with Crippen LogP contribution < -0.4 is 20.5 Å². The predicted octanol–water partition coefficient (Wildman–Crippen LogP) is 3.50. The number of ether oxygens (including phenoxy) is 2. The molecule has 154 valence electrons. The summed E-state index contributed by atoms with van der Waals surface area (Å²) in [5.74, 6) is 1.46. The average Bonchev–Trinajstić information content (AvgIpc) is 3.34. The molecule has 1 aliphatic rings. The lowest BCUT2D eigenvalue weighted by Crippen LogP contribution is -2.25. The van der Waals surface area contributed by atoms with Gasteiger partial charge in [-0.3, -0.25) is 9.13 Å². The van der Waals surface area contributed by atoms with Gasteiger partial charge in [0.05, 0.1) is 18.1 Å². The maximum atomic E-state index is 12.1. The van der Waals surface area contributed by atoms with Crippen LogP contribution in [-0.2, 0) is 27.2 Å². The van der Waals surface area contributed by atoms with E-state index in [1.807, 2.05) is 30.3 Å². The maximum Gasteiger partial charge on any atom is 0.328 e. The molecule has 0 amide bonds. The number of imidazole rings is 1. The number of hydrogen-bond acceptors (Lipinski definition) is 4. The Hall–Kier alpha value is -2.73. The molecule has 1 saturated carbocycles. The molecule has 0 bridgehead atoms. The van der Waals surface area contributed by atoms with Gasteiger partial charge in [-0.1, -0.05) is 25.0 Å². The Morgan fingerprint density at radius 2 is 1.69 bits per heavy atom. The van der Waals surface area contributed by atoms with E-state index in [9.17, 15) is 4.79 Å². The van der Waals surface area contributed by atoms with Crippen LogP contribution in [0.25, 0.3) is 11.0 Å². The third kappa shape index (κ3) is 4.03. The van der Waals surface area contributed by atoms with E-state index < -0.39 is 0 Å². The minimum Gasteiger partial charge on any atom is -0.493 e. The van der Waals surface area contributed by atoms with Crippen molar-refractivity contribution in [2.45, 2.75) is 44.9 Å². The highest BCUT2D eigenvalue weighted by atomic mass is 16.5. The van der Waals surface area contributed by atoms with Crippen LogP contribution >= 0.6 is 0 Å². The van der Waals surface area contributed by atoms with Crippen LogP contribution in [0.2, 0.25) is 0 Å². The van der Waals surface area contributed by atoms with E-state index in [0.29, 0.717) is 12.6 Å². The van der Waals surface area contributed by atoms with E-state index >= 15 is 0 Å². The summed E-state index contributed by atoms with van der Waals surface area (Å²) in [7, 11) is 5.24. The van der Waals surface area contributed by atoms with Crippen molar-refractivity contribution >= 4 is 11.0 Å². The van der Waals surface area contributed by atoms with E-state index in [4.69, 9.17) is 9.47 Å². The molecule has 0 unspecified atom stereocenters. The molecule has 6 nitrogen and oxygen atoms in total. The number of nitrogens with one attached hydrogen (secondary N) is 1. The van der Waals surface area contributed by atoms with E-state index in [0.717, 1.165) is 34.6 Å². The van der Waals surface area contributed by atoms with E-state index in [2.05, 4.69) is 11.4 Å². The molecule has 1 heterocycles. The van der Waals surface area contributed by atoms with Gasteiger partial charge < -0.3 is 14.8 Å². The molecule has 0 aliphatic heterocycles. The number of nitrogens with zero attached hydrogens (tertiary/aromatic N) is 2. The topological polar surface area (TPSA) is 57.4 Å². The van der Waals surface area contributed by atoms with Gasteiger partial charge in [0.15, 0.2) is 11.5 Å². The van der Waals surface area contributed by atoms with Gasteiger partial charge in [-0.25, -0.2) is 4.79 Å². The van der Waals surface area contributed by atoms with E-state index in [1.165, 1.54) is 31.2 Å². The summed E-state index contributed by atoms with van der Waals surface area (Å²) in [6.45, 7) is 1.26. The largest absolute Gasteiger partial charge is 0.493 e. The molecule has 0 atom stereocenters. The Labute approximate surface area is 171 Å². The molecule has 29 heavy (non-hydrogen) atoms. The molecule has 3 aromatic rings. The quantitative estimate of drug-likeness (QED) is 0.665. The van der Waals surface area contributed by atoms with Crippen molar-refractivity contribution in [2.75, 3.05) is 7.11 Å². The monoisotopic (exact) mass is 395 g/mol. The normalized spacial score (nSPS) is 14.6. The van der Waals surface area contributed by atoms with E-state index in [-0.39, 0.29) is 5.69 Å². The SMILES string of the molecule is COc1cc(CNC2CCCC2)ccc1OCc1ccc2c(c1)n(C)c(=O)n2C. The number of aryl methyl sites for hydroxylation is 2. The Balaban J connectivity index is 1.45. The summed E-state index contributed by atoms with van der Waals surface area (Å²) in [6.07, 6.45) is 5.21. The van der Waals surface area contributed by atoms with Gasteiger partial charge in [-0.15, -0.1) is 0 Å². The zero-order valence-corrected chi connectivity index (χ0v) is 17.4. The molecule has 1 aliphatic carbocycles. The van der Waals surface area contributed by atoms with Crippen LogP contribution in [0.15, 0.2) is 41.2 Å². The van der Waals surface area contributed by atoms with Crippen molar-refractivity contribution in [3.8, 4) is 11.5 Å². The number of aromatic nitrogens is 2. The summed E-state index contributed by atoms with van der Waals surface area (Å²) >= 11 is 0. The number of rotatable bonds is 7. The third-order valence-electron chi connectivity index (χ3n) is 5.91. The Kier molecular flexibility index (Phi) is 5.62. The van der Waals surface area contributed by atoms with Crippen molar-refractivity contribution in [1.29, 1.82) is 0 Å².